The Morgan fingerprint density at radius 3 is 2.40 bits per heavy atom. The van der Waals surface area contributed by atoms with E-state index in [0.29, 0.717) is 5.56 Å². The van der Waals surface area contributed by atoms with E-state index in [1.54, 1.807) is 24.4 Å². The van der Waals surface area contributed by atoms with Gasteiger partial charge in [-0.3, -0.25) is 14.5 Å². The molecule has 2 aromatic rings. The number of imide groups is 1. The van der Waals surface area contributed by atoms with E-state index in [1.165, 1.54) is 19.2 Å². The molecule has 0 saturated carbocycles. The Hall–Kier alpha value is -3.06. The predicted octanol–water partition coefficient (Wildman–Crippen LogP) is 1.22. The molecule has 0 aromatic heterocycles. The maximum atomic E-state index is 13.5. The molecule has 4 rings (SSSR count). The molecule has 0 aliphatic carbocycles. The van der Waals surface area contributed by atoms with E-state index in [4.69, 9.17) is 4.74 Å². The van der Waals surface area contributed by atoms with E-state index >= 15 is 0 Å². The van der Waals surface area contributed by atoms with Crippen LogP contribution in [-0.4, -0.2) is 41.9 Å². The van der Waals surface area contributed by atoms with Gasteiger partial charge in [-0.2, -0.15) is 0 Å². The average molecular weight is 411 g/mol. The van der Waals surface area contributed by atoms with Crippen molar-refractivity contribution < 1.29 is 28.8 Å². The maximum absolute atomic E-state index is 13.5. The van der Waals surface area contributed by atoms with Gasteiger partial charge in [0.15, 0.2) is 0 Å². The van der Waals surface area contributed by atoms with E-state index in [2.05, 4.69) is 0 Å². The molecule has 0 radical (unpaired) electrons. The van der Waals surface area contributed by atoms with Crippen molar-refractivity contribution in [2.24, 2.45) is 11.8 Å². The van der Waals surface area contributed by atoms with Crippen molar-refractivity contribution in [2.75, 3.05) is 13.7 Å². The van der Waals surface area contributed by atoms with Crippen molar-refractivity contribution >= 4 is 17.8 Å². The van der Waals surface area contributed by atoms with Crippen molar-refractivity contribution in [3.8, 4) is 0 Å². The second kappa shape index (κ2) is 7.65. The molecule has 7 heteroatoms. The number of ether oxygens (including phenoxy) is 1. The Kier molecular flexibility index (Phi) is 5.15. The standard InChI is InChI=1S/C23H23FN2O4/c1-3-30-22(29)23(13-14-7-5-4-6-8-14)18-17(20(27)26(2)21(18)28)19(25-23)15-9-11-16(24)12-10-15/h4-12,17-19,25H,3,13H2,1-2H3/p+1/t17-,18-,19-,23+/m0/s1. The van der Waals surface area contributed by atoms with Gasteiger partial charge in [-0.25, -0.2) is 9.18 Å². The van der Waals surface area contributed by atoms with Gasteiger partial charge in [-0.15, -0.1) is 0 Å². The summed E-state index contributed by atoms with van der Waals surface area (Å²) < 4.78 is 18.9. The molecular weight excluding hydrogens is 387 g/mol. The molecule has 2 N–H and O–H groups in total. The zero-order valence-electron chi connectivity index (χ0n) is 16.9. The van der Waals surface area contributed by atoms with E-state index < -0.39 is 29.4 Å². The monoisotopic (exact) mass is 411 g/mol. The summed E-state index contributed by atoms with van der Waals surface area (Å²) in [5.41, 5.74) is 0.288. The summed E-state index contributed by atoms with van der Waals surface area (Å²) >= 11 is 0. The average Bonchev–Trinajstić information content (AvgIpc) is 3.20. The minimum absolute atomic E-state index is 0.166. The molecular formula is C23H24FN2O4+. The lowest BCUT2D eigenvalue weighted by atomic mass is 9.76. The minimum Gasteiger partial charge on any atom is -0.461 e. The molecule has 2 aliphatic rings. The van der Waals surface area contributed by atoms with Crippen molar-refractivity contribution in [2.45, 2.75) is 24.9 Å². The molecule has 2 aliphatic heterocycles. The highest BCUT2D eigenvalue weighted by molar-refractivity contribution is 6.08. The molecule has 2 fully saturated rings. The van der Waals surface area contributed by atoms with Crippen LogP contribution < -0.4 is 5.32 Å². The predicted molar refractivity (Wildman–Crippen MR) is 105 cm³/mol. The lowest BCUT2D eigenvalue weighted by molar-refractivity contribution is -0.734. The number of quaternary nitrogens is 1. The normalized spacial score (nSPS) is 28.0. The number of nitrogens with zero attached hydrogens (tertiary/aromatic N) is 1. The van der Waals surface area contributed by atoms with Gasteiger partial charge < -0.3 is 10.1 Å². The van der Waals surface area contributed by atoms with Crippen LogP contribution in [0.25, 0.3) is 0 Å². The number of amides is 2. The topological polar surface area (TPSA) is 80.3 Å². The Balaban J connectivity index is 1.85. The van der Waals surface area contributed by atoms with Crippen molar-refractivity contribution in [1.29, 1.82) is 0 Å². The molecule has 2 amide bonds. The van der Waals surface area contributed by atoms with Crippen LogP contribution in [0.15, 0.2) is 54.6 Å². The van der Waals surface area contributed by atoms with Crippen LogP contribution in [0.2, 0.25) is 0 Å². The molecule has 0 unspecified atom stereocenters. The molecule has 6 nitrogen and oxygen atoms in total. The van der Waals surface area contributed by atoms with Crippen LogP contribution in [0.1, 0.15) is 24.1 Å². The number of likely N-dealkylation sites (tertiary alicyclic amines) is 1. The summed E-state index contributed by atoms with van der Waals surface area (Å²) in [6.07, 6.45) is 0.248. The summed E-state index contributed by atoms with van der Waals surface area (Å²) in [4.78, 5) is 40.6. The summed E-state index contributed by atoms with van der Waals surface area (Å²) in [7, 11) is 1.45. The quantitative estimate of drug-likeness (QED) is 0.593. The van der Waals surface area contributed by atoms with Crippen molar-refractivity contribution in [3.63, 3.8) is 0 Å². The summed E-state index contributed by atoms with van der Waals surface area (Å²) in [6.45, 7) is 1.88. The third-order valence-corrected chi connectivity index (χ3v) is 6.24. The van der Waals surface area contributed by atoms with Crippen LogP contribution in [0.5, 0.6) is 0 Å². The zero-order chi connectivity index (χ0) is 21.5. The fraction of sp³-hybridized carbons (Fsp3) is 0.348. The largest absolute Gasteiger partial charge is 0.461 e. The van der Waals surface area contributed by atoms with Gasteiger partial charge in [0.05, 0.1) is 6.61 Å². The number of fused-ring (bicyclic) bond motifs is 1. The van der Waals surface area contributed by atoms with Crippen molar-refractivity contribution in [1.82, 2.24) is 4.90 Å². The number of esters is 1. The highest BCUT2D eigenvalue weighted by Crippen LogP contribution is 2.45. The number of hydrogen-bond donors (Lipinski definition) is 1. The Morgan fingerprint density at radius 2 is 1.77 bits per heavy atom. The first kappa shape index (κ1) is 20.2. The molecule has 156 valence electrons. The number of nitrogens with two attached hydrogens (primary N) is 1. The smallest absolute Gasteiger partial charge is 0.369 e. The van der Waals surface area contributed by atoms with Crippen molar-refractivity contribution in [3.05, 3.63) is 71.5 Å². The van der Waals surface area contributed by atoms with Gasteiger partial charge in [0.1, 0.15) is 23.7 Å². The van der Waals surface area contributed by atoms with Gasteiger partial charge in [0, 0.05) is 19.0 Å². The van der Waals surface area contributed by atoms with E-state index in [-0.39, 0.29) is 30.7 Å². The van der Waals surface area contributed by atoms with E-state index in [1.807, 2.05) is 30.3 Å². The Morgan fingerprint density at radius 1 is 1.10 bits per heavy atom. The van der Waals surface area contributed by atoms with Gasteiger partial charge in [0.25, 0.3) is 0 Å². The third-order valence-electron chi connectivity index (χ3n) is 6.24. The van der Waals surface area contributed by atoms with Crippen LogP contribution in [0.3, 0.4) is 0 Å². The number of rotatable bonds is 5. The summed E-state index contributed by atoms with van der Waals surface area (Å²) in [5.74, 6) is -3.18. The second-order valence-electron chi connectivity index (χ2n) is 7.91. The number of carbonyl (C=O) groups excluding carboxylic acids is 3. The molecule has 4 atom stereocenters. The fourth-order valence-corrected chi connectivity index (χ4v) is 4.89. The maximum Gasteiger partial charge on any atom is 0.369 e. The Labute approximate surface area is 174 Å². The van der Waals surface area contributed by atoms with Gasteiger partial charge in [-0.1, -0.05) is 42.5 Å². The van der Waals surface area contributed by atoms with Crippen LogP contribution in [0.4, 0.5) is 4.39 Å². The first-order chi connectivity index (χ1) is 14.4. The molecule has 0 spiro atoms. The molecule has 0 bridgehead atoms. The highest BCUT2D eigenvalue weighted by Gasteiger charge is 2.72. The number of halogens is 1. The summed E-state index contributed by atoms with van der Waals surface area (Å²) in [5, 5.41) is 1.80. The van der Waals surface area contributed by atoms with Crippen LogP contribution in [0, 0.1) is 17.7 Å². The van der Waals surface area contributed by atoms with Gasteiger partial charge >= 0.3 is 5.97 Å². The molecule has 30 heavy (non-hydrogen) atoms. The van der Waals surface area contributed by atoms with Gasteiger partial charge in [-0.05, 0) is 24.6 Å². The van der Waals surface area contributed by atoms with E-state index in [0.717, 1.165) is 10.5 Å². The number of benzene rings is 2. The molecule has 2 heterocycles. The lowest BCUT2D eigenvalue weighted by Crippen LogP contribution is -2.98. The van der Waals surface area contributed by atoms with Gasteiger partial charge in [0.2, 0.25) is 17.4 Å². The molecule has 2 aromatic carbocycles. The van der Waals surface area contributed by atoms with Crippen LogP contribution >= 0.6 is 0 Å². The van der Waals surface area contributed by atoms with E-state index in [9.17, 15) is 18.8 Å². The number of carbonyl (C=O) groups is 3. The third kappa shape index (κ3) is 3.10. The highest BCUT2D eigenvalue weighted by atomic mass is 19.1. The molecule has 2 saturated heterocycles. The first-order valence-electron chi connectivity index (χ1n) is 10.0. The van der Waals surface area contributed by atoms with Crippen LogP contribution in [-0.2, 0) is 25.5 Å². The summed E-state index contributed by atoms with van der Waals surface area (Å²) in [6, 6.07) is 14.7. The lowest BCUT2D eigenvalue weighted by Gasteiger charge is -2.29. The number of hydrogen-bond acceptors (Lipinski definition) is 4. The second-order valence-corrected chi connectivity index (χ2v) is 7.91. The Bertz CT molecular complexity index is 978. The zero-order valence-corrected chi connectivity index (χ0v) is 16.9. The first-order valence-corrected chi connectivity index (χ1v) is 10.0. The fourth-order valence-electron chi connectivity index (χ4n) is 4.89. The minimum atomic E-state index is -1.28. The SMILES string of the molecule is CCOC(=O)[C@]1(Cc2ccccc2)[NH2+][C@@H](c2ccc(F)cc2)[C@H]2C(=O)N(C)C(=O)[C@H]21.